The third kappa shape index (κ3) is 5.38. The highest BCUT2D eigenvalue weighted by Crippen LogP contribution is 2.43. The Kier molecular flexibility index (Phi) is 7.84. The van der Waals surface area contributed by atoms with Gasteiger partial charge >= 0.3 is 0 Å². The summed E-state index contributed by atoms with van der Waals surface area (Å²) >= 11 is 0. The average molecular weight is 516 g/mol. The van der Waals surface area contributed by atoms with Gasteiger partial charge in [0.25, 0.3) is 0 Å². The van der Waals surface area contributed by atoms with E-state index in [1.165, 1.54) is 36.0 Å². The number of hydrogen-bond acceptors (Lipinski definition) is 3. The molecule has 1 aliphatic rings. The summed E-state index contributed by atoms with van der Waals surface area (Å²) in [5.74, 6) is 0.842. The number of halogens is 1. The predicted octanol–water partition coefficient (Wildman–Crippen LogP) is 3.73. The second kappa shape index (κ2) is 10.6. The van der Waals surface area contributed by atoms with Gasteiger partial charge in [0.05, 0.1) is 6.54 Å². The second-order valence-electron chi connectivity index (χ2n) is 7.69. The molecular formula is C23H29IN6. The Morgan fingerprint density at radius 1 is 1.07 bits per heavy atom. The lowest BCUT2D eigenvalue weighted by atomic mass is 9.64. The van der Waals surface area contributed by atoms with Gasteiger partial charge in [-0.05, 0) is 29.5 Å². The summed E-state index contributed by atoms with van der Waals surface area (Å²) in [5, 5.41) is 11.2. The molecule has 3 aromatic rings. The smallest absolute Gasteiger partial charge is 0.191 e. The highest BCUT2D eigenvalue weighted by Gasteiger charge is 2.38. The number of aromatic nitrogens is 3. The molecule has 0 saturated heterocycles. The van der Waals surface area contributed by atoms with Gasteiger partial charge in [-0.3, -0.25) is 4.99 Å². The first-order chi connectivity index (χ1) is 14.3. The number of aliphatic imine (C=N–C) groups is 1. The third-order valence-corrected chi connectivity index (χ3v) is 5.78. The van der Waals surface area contributed by atoms with Crippen LogP contribution in [0.25, 0.3) is 0 Å². The summed E-state index contributed by atoms with van der Waals surface area (Å²) in [7, 11) is 1.83. The lowest BCUT2D eigenvalue weighted by molar-refractivity contribution is 0.244. The normalized spacial score (nSPS) is 15.0. The van der Waals surface area contributed by atoms with Gasteiger partial charge in [-0.2, -0.15) is 5.10 Å². The molecule has 4 rings (SSSR count). The minimum atomic E-state index is 0. The summed E-state index contributed by atoms with van der Waals surface area (Å²) in [4.78, 5) is 8.41. The molecule has 30 heavy (non-hydrogen) atoms. The van der Waals surface area contributed by atoms with Gasteiger partial charge in [0.1, 0.15) is 12.7 Å². The van der Waals surface area contributed by atoms with Gasteiger partial charge in [0, 0.05) is 25.6 Å². The fraction of sp³-hybridized carbons (Fsp3) is 0.348. The highest BCUT2D eigenvalue weighted by molar-refractivity contribution is 14.0. The summed E-state index contributed by atoms with van der Waals surface area (Å²) in [5.41, 5.74) is 4.08. The Morgan fingerprint density at radius 3 is 2.53 bits per heavy atom. The zero-order chi connectivity index (χ0) is 19.9. The van der Waals surface area contributed by atoms with Crippen molar-refractivity contribution in [2.75, 3.05) is 13.6 Å². The molecule has 1 fully saturated rings. The zero-order valence-corrected chi connectivity index (χ0v) is 19.6. The van der Waals surface area contributed by atoms with Crippen molar-refractivity contribution in [2.45, 2.75) is 37.8 Å². The van der Waals surface area contributed by atoms with Crippen molar-refractivity contribution in [3.05, 3.63) is 83.9 Å². The Bertz CT molecular complexity index is 935. The van der Waals surface area contributed by atoms with Gasteiger partial charge in [-0.15, -0.1) is 24.0 Å². The molecule has 7 heteroatoms. The molecule has 0 bridgehead atoms. The quantitative estimate of drug-likeness (QED) is 0.286. The van der Waals surface area contributed by atoms with E-state index in [4.69, 9.17) is 0 Å². The Hall–Kier alpha value is -2.42. The lowest BCUT2D eigenvalue weighted by Gasteiger charge is -2.43. The van der Waals surface area contributed by atoms with Crippen LogP contribution in [0, 0.1) is 0 Å². The summed E-state index contributed by atoms with van der Waals surface area (Å²) in [6.07, 6.45) is 7.04. The monoisotopic (exact) mass is 516 g/mol. The van der Waals surface area contributed by atoms with Crippen LogP contribution in [0.4, 0.5) is 0 Å². The molecule has 0 unspecified atom stereocenters. The minimum Gasteiger partial charge on any atom is -0.356 e. The fourth-order valence-electron chi connectivity index (χ4n) is 3.96. The van der Waals surface area contributed by atoms with Crippen molar-refractivity contribution >= 4 is 29.9 Å². The molecule has 6 nitrogen and oxygen atoms in total. The molecule has 158 valence electrons. The van der Waals surface area contributed by atoms with Crippen LogP contribution in [0.5, 0.6) is 0 Å². The van der Waals surface area contributed by atoms with E-state index in [1.54, 1.807) is 12.7 Å². The highest BCUT2D eigenvalue weighted by atomic mass is 127. The van der Waals surface area contributed by atoms with E-state index >= 15 is 0 Å². The fourth-order valence-corrected chi connectivity index (χ4v) is 3.96. The Labute approximate surface area is 195 Å². The molecule has 0 amide bonds. The SMILES string of the molecule is CN=C(NCc1cccc(Cn2cncn2)c1)NCC1(c2ccccc2)CCC1.I. The van der Waals surface area contributed by atoms with E-state index in [-0.39, 0.29) is 29.4 Å². The van der Waals surface area contributed by atoms with Crippen LogP contribution < -0.4 is 10.6 Å². The van der Waals surface area contributed by atoms with Gasteiger partial charge < -0.3 is 10.6 Å². The summed E-state index contributed by atoms with van der Waals surface area (Å²) in [6, 6.07) is 19.4. The van der Waals surface area contributed by atoms with E-state index in [2.05, 4.69) is 80.3 Å². The topological polar surface area (TPSA) is 67.1 Å². The van der Waals surface area contributed by atoms with Crippen molar-refractivity contribution in [2.24, 2.45) is 4.99 Å². The second-order valence-corrected chi connectivity index (χ2v) is 7.69. The van der Waals surface area contributed by atoms with E-state index in [1.807, 2.05) is 11.7 Å². The van der Waals surface area contributed by atoms with E-state index < -0.39 is 0 Å². The van der Waals surface area contributed by atoms with Gasteiger partial charge in [0.15, 0.2) is 5.96 Å². The van der Waals surface area contributed by atoms with E-state index in [0.29, 0.717) is 0 Å². The maximum absolute atomic E-state index is 4.41. The molecule has 1 aliphatic carbocycles. The Balaban J connectivity index is 0.00000256. The van der Waals surface area contributed by atoms with Crippen molar-refractivity contribution in [3.63, 3.8) is 0 Å². The first kappa shape index (κ1) is 22.3. The Morgan fingerprint density at radius 2 is 1.87 bits per heavy atom. The number of nitrogens with one attached hydrogen (secondary N) is 2. The zero-order valence-electron chi connectivity index (χ0n) is 17.3. The van der Waals surface area contributed by atoms with Crippen molar-refractivity contribution < 1.29 is 0 Å². The molecule has 2 aromatic carbocycles. The molecule has 0 aliphatic heterocycles. The summed E-state index contributed by atoms with van der Waals surface area (Å²) in [6.45, 7) is 2.35. The lowest BCUT2D eigenvalue weighted by Crippen LogP contribution is -2.48. The van der Waals surface area contributed by atoms with Crippen molar-refractivity contribution in [1.29, 1.82) is 0 Å². The van der Waals surface area contributed by atoms with Crippen LogP contribution >= 0.6 is 24.0 Å². The number of benzene rings is 2. The number of hydrogen-bond donors (Lipinski definition) is 2. The number of guanidine groups is 1. The summed E-state index contributed by atoms with van der Waals surface area (Å²) < 4.78 is 1.83. The molecule has 1 saturated carbocycles. The first-order valence-corrected chi connectivity index (χ1v) is 10.2. The third-order valence-electron chi connectivity index (χ3n) is 5.78. The van der Waals surface area contributed by atoms with Gasteiger partial charge in [-0.1, -0.05) is 61.0 Å². The van der Waals surface area contributed by atoms with Crippen LogP contribution in [0.2, 0.25) is 0 Å². The van der Waals surface area contributed by atoms with Gasteiger partial charge in [0.2, 0.25) is 0 Å². The van der Waals surface area contributed by atoms with Crippen LogP contribution in [-0.4, -0.2) is 34.3 Å². The van der Waals surface area contributed by atoms with E-state index in [0.717, 1.165) is 25.6 Å². The average Bonchev–Trinajstić information content (AvgIpc) is 3.23. The predicted molar refractivity (Wildman–Crippen MR) is 131 cm³/mol. The van der Waals surface area contributed by atoms with E-state index in [9.17, 15) is 0 Å². The van der Waals surface area contributed by atoms with Crippen LogP contribution in [-0.2, 0) is 18.5 Å². The molecule has 0 radical (unpaired) electrons. The van der Waals surface area contributed by atoms with Crippen LogP contribution in [0.15, 0.2) is 72.2 Å². The molecule has 1 aromatic heterocycles. The van der Waals surface area contributed by atoms with Crippen molar-refractivity contribution in [3.8, 4) is 0 Å². The standard InChI is InChI=1S/C23H28N6.HI/c1-24-22(27-16-23(11-6-12-23)21-9-3-2-4-10-21)26-14-19-7-5-8-20(13-19)15-29-18-25-17-28-29;/h2-5,7-10,13,17-18H,6,11-12,14-16H2,1H3,(H2,24,26,27);1H. The molecule has 2 N–H and O–H groups in total. The minimum absolute atomic E-state index is 0. The largest absolute Gasteiger partial charge is 0.356 e. The van der Waals surface area contributed by atoms with Crippen LogP contribution in [0.3, 0.4) is 0 Å². The molecule has 0 atom stereocenters. The maximum Gasteiger partial charge on any atom is 0.191 e. The number of nitrogens with zero attached hydrogens (tertiary/aromatic N) is 4. The molecule has 1 heterocycles. The maximum atomic E-state index is 4.41. The molecule has 0 spiro atoms. The van der Waals surface area contributed by atoms with Crippen molar-refractivity contribution in [1.82, 2.24) is 25.4 Å². The molecular weight excluding hydrogens is 487 g/mol. The van der Waals surface area contributed by atoms with Crippen LogP contribution in [0.1, 0.15) is 36.0 Å². The number of rotatable bonds is 7. The first-order valence-electron chi connectivity index (χ1n) is 10.2. The van der Waals surface area contributed by atoms with Gasteiger partial charge in [-0.25, -0.2) is 9.67 Å².